The van der Waals surface area contributed by atoms with Gasteiger partial charge >= 0.3 is 5.97 Å². The number of hydrogen-bond donors (Lipinski definition) is 1. The van der Waals surface area contributed by atoms with Gasteiger partial charge in [-0.15, -0.1) is 0 Å². The number of carbonyl (C=O) groups is 1. The molecule has 1 aromatic carbocycles. The first-order valence-electron chi connectivity index (χ1n) is 6.24. The largest absolute Gasteiger partial charge is 0.493 e. The van der Waals surface area contributed by atoms with Crippen LogP contribution in [0, 0.1) is 0 Å². The van der Waals surface area contributed by atoms with Crippen molar-refractivity contribution >= 4 is 5.97 Å². The van der Waals surface area contributed by atoms with E-state index in [1.54, 1.807) is 0 Å². The van der Waals surface area contributed by atoms with E-state index in [-0.39, 0.29) is 5.69 Å². The molecule has 1 aliphatic rings. The molecule has 0 fully saturated rings. The van der Waals surface area contributed by atoms with Crippen molar-refractivity contribution in [2.45, 2.75) is 19.4 Å². The molecule has 0 bridgehead atoms. The monoisotopic (exact) mass is 258 g/mol. The predicted molar refractivity (Wildman–Crippen MR) is 68.5 cm³/mol. The molecule has 2 aromatic rings. The lowest BCUT2D eigenvalue weighted by Gasteiger charge is -2.06. The van der Waals surface area contributed by atoms with Gasteiger partial charge in [0.05, 0.1) is 6.61 Å². The molecule has 0 aliphatic carbocycles. The van der Waals surface area contributed by atoms with E-state index in [0.29, 0.717) is 6.54 Å². The van der Waals surface area contributed by atoms with E-state index in [2.05, 4.69) is 11.2 Å². The van der Waals surface area contributed by atoms with Gasteiger partial charge in [-0.2, -0.15) is 5.10 Å². The topological polar surface area (TPSA) is 64.3 Å². The maximum Gasteiger partial charge on any atom is 0.354 e. The number of fused-ring (bicyclic) bond motifs is 1. The fourth-order valence-electron chi connectivity index (χ4n) is 2.32. The molecule has 3 rings (SSSR count). The SMILES string of the molecule is O=C(O)c1ccnn1CCc1ccc2c(c1)CCO2. The van der Waals surface area contributed by atoms with E-state index < -0.39 is 5.97 Å². The lowest BCUT2D eigenvalue weighted by Crippen LogP contribution is -2.11. The van der Waals surface area contributed by atoms with Crippen LogP contribution in [0.15, 0.2) is 30.5 Å². The maximum absolute atomic E-state index is 11.0. The highest BCUT2D eigenvalue weighted by Gasteiger charge is 2.13. The number of hydrogen-bond acceptors (Lipinski definition) is 3. The number of carboxylic acids is 1. The smallest absolute Gasteiger partial charge is 0.354 e. The van der Waals surface area contributed by atoms with Gasteiger partial charge in [0.2, 0.25) is 0 Å². The molecule has 0 saturated heterocycles. The summed E-state index contributed by atoms with van der Waals surface area (Å²) in [5, 5.41) is 13.0. The molecule has 5 nitrogen and oxygen atoms in total. The second-order valence-corrected chi connectivity index (χ2v) is 4.54. The number of benzene rings is 1. The molecule has 0 saturated carbocycles. The predicted octanol–water partition coefficient (Wildman–Crippen LogP) is 1.76. The van der Waals surface area contributed by atoms with Crippen molar-refractivity contribution in [3.63, 3.8) is 0 Å². The van der Waals surface area contributed by atoms with Crippen LogP contribution in [0.1, 0.15) is 21.6 Å². The van der Waals surface area contributed by atoms with E-state index in [1.807, 2.05) is 12.1 Å². The molecule has 0 spiro atoms. The molecule has 0 radical (unpaired) electrons. The summed E-state index contributed by atoms with van der Waals surface area (Å²) in [6.07, 6.45) is 3.22. The molecule has 0 amide bonds. The van der Waals surface area contributed by atoms with Gasteiger partial charge in [0.15, 0.2) is 0 Å². The lowest BCUT2D eigenvalue weighted by atomic mass is 10.1. The van der Waals surface area contributed by atoms with Gasteiger partial charge < -0.3 is 9.84 Å². The minimum absolute atomic E-state index is 0.226. The summed E-state index contributed by atoms with van der Waals surface area (Å²) in [6.45, 7) is 1.31. The second-order valence-electron chi connectivity index (χ2n) is 4.54. The van der Waals surface area contributed by atoms with E-state index in [9.17, 15) is 4.79 Å². The maximum atomic E-state index is 11.0. The average Bonchev–Trinajstić information content (AvgIpc) is 3.04. The van der Waals surface area contributed by atoms with Crippen molar-refractivity contribution < 1.29 is 14.6 Å². The summed E-state index contributed by atoms with van der Waals surface area (Å²) < 4.78 is 6.98. The second kappa shape index (κ2) is 4.76. The van der Waals surface area contributed by atoms with Crippen LogP contribution in [-0.4, -0.2) is 27.5 Å². The Morgan fingerprint density at radius 2 is 2.32 bits per heavy atom. The van der Waals surface area contributed by atoms with Gasteiger partial charge in [-0.05, 0) is 29.7 Å². The molecule has 98 valence electrons. The highest BCUT2D eigenvalue weighted by Crippen LogP contribution is 2.26. The van der Waals surface area contributed by atoms with Crippen LogP contribution >= 0.6 is 0 Å². The van der Waals surface area contributed by atoms with Crippen molar-refractivity contribution in [2.75, 3.05) is 6.61 Å². The quantitative estimate of drug-likeness (QED) is 0.907. The highest BCUT2D eigenvalue weighted by molar-refractivity contribution is 5.85. The van der Waals surface area contributed by atoms with Crippen LogP contribution in [0.2, 0.25) is 0 Å². The minimum Gasteiger partial charge on any atom is -0.493 e. The Kier molecular flexibility index (Phi) is 2.95. The summed E-state index contributed by atoms with van der Waals surface area (Å²) in [7, 11) is 0. The summed E-state index contributed by atoms with van der Waals surface area (Å²) in [4.78, 5) is 11.0. The van der Waals surface area contributed by atoms with Gasteiger partial charge in [-0.1, -0.05) is 12.1 Å². The first kappa shape index (κ1) is 11.8. The zero-order valence-corrected chi connectivity index (χ0v) is 10.4. The zero-order valence-electron chi connectivity index (χ0n) is 10.4. The third kappa shape index (κ3) is 2.31. The third-order valence-corrected chi connectivity index (χ3v) is 3.30. The Labute approximate surface area is 110 Å². The average molecular weight is 258 g/mol. The number of rotatable bonds is 4. The van der Waals surface area contributed by atoms with Crippen molar-refractivity contribution in [3.05, 3.63) is 47.3 Å². The van der Waals surface area contributed by atoms with Crippen molar-refractivity contribution in [2.24, 2.45) is 0 Å². The fourth-order valence-corrected chi connectivity index (χ4v) is 2.32. The molecular formula is C14H14N2O3. The molecule has 0 atom stereocenters. The van der Waals surface area contributed by atoms with Crippen LogP contribution in [-0.2, 0) is 19.4 Å². The number of ether oxygens (including phenoxy) is 1. The molecular weight excluding hydrogens is 244 g/mol. The Morgan fingerprint density at radius 3 is 3.16 bits per heavy atom. The first-order chi connectivity index (χ1) is 9.24. The van der Waals surface area contributed by atoms with Crippen molar-refractivity contribution in [1.29, 1.82) is 0 Å². The number of aryl methyl sites for hydroxylation is 2. The molecule has 1 aliphatic heterocycles. The van der Waals surface area contributed by atoms with Crippen LogP contribution in [0.3, 0.4) is 0 Å². The molecule has 0 unspecified atom stereocenters. The van der Waals surface area contributed by atoms with E-state index in [1.165, 1.54) is 28.1 Å². The highest BCUT2D eigenvalue weighted by atomic mass is 16.5. The van der Waals surface area contributed by atoms with Gasteiger partial charge in [0, 0.05) is 19.2 Å². The van der Waals surface area contributed by atoms with Crippen LogP contribution in [0.5, 0.6) is 5.75 Å². The Bertz CT molecular complexity index is 619. The number of carboxylic acid groups (broad SMARTS) is 1. The fraction of sp³-hybridized carbons (Fsp3) is 0.286. The third-order valence-electron chi connectivity index (χ3n) is 3.30. The summed E-state index contributed by atoms with van der Waals surface area (Å²) >= 11 is 0. The Balaban J connectivity index is 1.72. The normalized spacial score (nSPS) is 13.1. The van der Waals surface area contributed by atoms with Gasteiger partial charge in [-0.25, -0.2) is 4.79 Å². The molecule has 5 heteroatoms. The van der Waals surface area contributed by atoms with Gasteiger partial charge in [-0.3, -0.25) is 4.68 Å². The van der Waals surface area contributed by atoms with Crippen LogP contribution in [0.25, 0.3) is 0 Å². The first-order valence-corrected chi connectivity index (χ1v) is 6.24. The van der Waals surface area contributed by atoms with Gasteiger partial charge in [0.1, 0.15) is 11.4 Å². The van der Waals surface area contributed by atoms with Crippen molar-refractivity contribution in [3.8, 4) is 5.75 Å². The molecule has 1 aromatic heterocycles. The standard InChI is InChI=1S/C14H14N2O3/c17-14(18)12-3-6-15-16(12)7-4-10-1-2-13-11(9-10)5-8-19-13/h1-3,6,9H,4-5,7-8H2,(H,17,18). The zero-order chi connectivity index (χ0) is 13.2. The Morgan fingerprint density at radius 1 is 1.42 bits per heavy atom. The van der Waals surface area contributed by atoms with E-state index in [0.717, 1.165) is 25.2 Å². The Hall–Kier alpha value is -2.30. The number of aromatic nitrogens is 2. The molecule has 19 heavy (non-hydrogen) atoms. The number of nitrogens with zero attached hydrogens (tertiary/aromatic N) is 2. The van der Waals surface area contributed by atoms with Crippen LogP contribution in [0.4, 0.5) is 0 Å². The van der Waals surface area contributed by atoms with Gasteiger partial charge in [0.25, 0.3) is 0 Å². The van der Waals surface area contributed by atoms with Crippen molar-refractivity contribution in [1.82, 2.24) is 9.78 Å². The number of aromatic carboxylic acids is 1. The van der Waals surface area contributed by atoms with E-state index in [4.69, 9.17) is 9.84 Å². The molecule has 2 heterocycles. The lowest BCUT2D eigenvalue weighted by molar-refractivity contribution is 0.0683. The molecule has 1 N–H and O–H groups in total. The minimum atomic E-state index is -0.945. The summed E-state index contributed by atoms with van der Waals surface area (Å²) in [5.74, 6) is 0.0221. The van der Waals surface area contributed by atoms with E-state index >= 15 is 0 Å². The summed E-state index contributed by atoms with van der Waals surface area (Å²) in [5.41, 5.74) is 2.64. The summed E-state index contributed by atoms with van der Waals surface area (Å²) in [6, 6.07) is 7.65. The van der Waals surface area contributed by atoms with Crippen LogP contribution < -0.4 is 4.74 Å².